The van der Waals surface area contributed by atoms with Crippen LogP contribution in [-0.4, -0.2) is 27.2 Å². The summed E-state index contributed by atoms with van der Waals surface area (Å²) >= 11 is 1.05. The van der Waals surface area contributed by atoms with Crippen molar-refractivity contribution < 1.29 is 9.59 Å². The lowest BCUT2D eigenvalue weighted by molar-refractivity contribution is -0.117. The molecule has 0 aliphatic rings. The number of allylic oxidation sites excluding steroid dienone is 1. The number of carbonyl (C=O) groups is 2. The maximum absolute atomic E-state index is 12.4. The van der Waals surface area contributed by atoms with E-state index in [9.17, 15) is 14.4 Å². The first-order valence-electron chi connectivity index (χ1n) is 6.35. The monoisotopic (exact) mass is 318 g/mol. The number of nitrogens with zero attached hydrogens (tertiary/aromatic N) is 2. The van der Waals surface area contributed by atoms with E-state index in [4.69, 9.17) is 5.73 Å². The van der Waals surface area contributed by atoms with Crippen LogP contribution in [0, 0.1) is 0 Å². The Hall–Kier alpha value is -2.61. The van der Waals surface area contributed by atoms with E-state index in [-0.39, 0.29) is 17.9 Å². The fraction of sp³-hybridized carbons (Fsp3) is 0.143. The predicted molar refractivity (Wildman–Crippen MR) is 84.7 cm³/mol. The Kier molecular flexibility index (Phi) is 4.95. The third kappa shape index (κ3) is 3.53. The molecule has 1 aromatic heterocycles. The van der Waals surface area contributed by atoms with Crippen LogP contribution in [0.5, 0.6) is 0 Å². The van der Waals surface area contributed by atoms with Gasteiger partial charge in [0.15, 0.2) is 5.16 Å². The molecule has 0 atom stereocenters. The van der Waals surface area contributed by atoms with Crippen molar-refractivity contribution in [1.29, 1.82) is 0 Å². The van der Waals surface area contributed by atoms with Crippen molar-refractivity contribution in [1.82, 2.24) is 14.9 Å². The molecule has 7 nitrogen and oxygen atoms in total. The van der Waals surface area contributed by atoms with Crippen LogP contribution >= 0.6 is 11.8 Å². The van der Waals surface area contributed by atoms with Crippen molar-refractivity contribution in [3.8, 4) is 0 Å². The fourth-order valence-corrected chi connectivity index (χ4v) is 2.66. The molecule has 1 heterocycles. The summed E-state index contributed by atoms with van der Waals surface area (Å²) in [4.78, 5) is 38.9. The molecule has 114 valence electrons. The first kappa shape index (κ1) is 15.8. The van der Waals surface area contributed by atoms with E-state index in [2.05, 4.69) is 11.6 Å². The number of amides is 3. The molecule has 0 aliphatic heterocycles. The number of para-hydroxylation sites is 1. The standard InChI is InChI=1S/C14H14N4O3S/c1-2-7-18-12(20)9-5-3-4-6-10(9)16-14(18)22-8-11(19)17-13(15)21/h2-6H,1,7-8H2,(H3,15,17,19,21). The van der Waals surface area contributed by atoms with Crippen molar-refractivity contribution in [2.75, 3.05) is 5.75 Å². The van der Waals surface area contributed by atoms with Crippen LogP contribution in [0.2, 0.25) is 0 Å². The molecule has 0 saturated heterocycles. The number of carbonyl (C=O) groups excluding carboxylic acids is 2. The zero-order chi connectivity index (χ0) is 16.1. The first-order valence-corrected chi connectivity index (χ1v) is 7.34. The number of nitrogens with one attached hydrogen (secondary N) is 1. The van der Waals surface area contributed by atoms with Gasteiger partial charge in [0.25, 0.3) is 5.56 Å². The van der Waals surface area contributed by atoms with Crippen LogP contribution in [0.3, 0.4) is 0 Å². The van der Waals surface area contributed by atoms with Gasteiger partial charge < -0.3 is 5.73 Å². The van der Waals surface area contributed by atoms with Crippen molar-refractivity contribution in [2.24, 2.45) is 5.73 Å². The molecule has 3 N–H and O–H groups in total. The molecule has 0 spiro atoms. The second-order valence-electron chi connectivity index (χ2n) is 4.32. The van der Waals surface area contributed by atoms with E-state index in [1.807, 2.05) is 5.32 Å². The predicted octanol–water partition coefficient (Wildman–Crippen LogP) is 0.869. The number of fused-ring (bicyclic) bond motifs is 1. The topological polar surface area (TPSA) is 107 Å². The maximum Gasteiger partial charge on any atom is 0.318 e. The van der Waals surface area contributed by atoms with Gasteiger partial charge in [-0.3, -0.25) is 19.5 Å². The van der Waals surface area contributed by atoms with Gasteiger partial charge in [0, 0.05) is 6.54 Å². The van der Waals surface area contributed by atoms with Crippen LogP contribution in [-0.2, 0) is 11.3 Å². The summed E-state index contributed by atoms with van der Waals surface area (Å²) < 4.78 is 1.43. The van der Waals surface area contributed by atoms with Crippen LogP contribution in [0.15, 0.2) is 46.9 Å². The van der Waals surface area contributed by atoms with Crippen molar-refractivity contribution in [3.05, 3.63) is 47.3 Å². The van der Waals surface area contributed by atoms with Crippen molar-refractivity contribution in [3.63, 3.8) is 0 Å². The summed E-state index contributed by atoms with van der Waals surface area (Å²) in [6, 6.07) is 6.04. The number of aromatic nitrogens is 2. The number of urea groups is 1. The lowest BCUT2D eigenvalue weighted by Gasteiger charge is -2.11. The molecule has 0 aliphatic carbocycles. The minimum absolute atomic E-state index is 0.0785. The zero-order valence-electron chi connectivity index (χ0n) is 11.6. The molecule has 22 heavy (non-hydrogen) atoms. The van der Waals surface area contributed by atoms with Gasteiger partial charge in [-0.05, 0) is 12.1 Å². The lowest BCUT2D eigenvalue weighted by atomic mass is 10.2. The summed E-state index contributed by atoms with van der Waals surface area (Å²) in [5, 5.41) is 2.83. The highest BCUT2D eigenvalue weighted by molar-refractivity contribution is 7.99. The zero-order valence-corrected chi connectivity index (χ0v) is 12.4. The number of nitrogens with two attached hydrogens (primary N) is 1. The van der Waals surface area contributed by atoms with Gasteiger partial charge >= 0.3 is 6.03 Å². The van der Waals surface area contributed by atoms with Gasteiger partial charge in [0.1, 0.15) is 0 Å². The highest BCUT2D eigenvalue weighted by Crippen LogP contribution is 2.17. The maximum atomic E-state index is 12.4. The minimum Gasteiger partial charge on any atom is -0.351 e. The Balaban J connectivity index is 2.37. The number of benzene rings is 1. The van der Waals surface area contributed by atoms with Crippen LogP contribution in [0.1, 0.15) is 0 Å². The third-order valence-electron chi connectivity index (χ3n) is 2.73. The number of hydrogen-bond donors (Lipinski definition) is 2. The first-order chi connectivity index (χ1) is 10.5. The number of imide groups is 1. The summed E-state index contributed by atoms with van der Waals surface area (Å²) in [5.41, 5.74) is 5.22. The molecule has 1 aromatic carbocycles. The van der Waals surface area contributed by atoms with E-state index in [0.717, 1.165) is 11.8 Å². The number of rotatable bonds is 5. The van der Waals surface area contributed by atoms with Gasteiger partial charge in [-0.1, -0.05) is 30.0 Å². The summed E-state index contributed by atoms with van der Waals surface area (Å²) in [5.74, 6) is -0.629. The second kappa shape index (κ2) is 6.90. The molecule has 2 rings (SSSR count). The van der Waals surface area contributed by atoms with Crippen LogP contribution in [0.25, 0.3) is 10.9 Å². The molecule has 0 saturated carbocycles. The minimum atomic E-state index is -0.916. The Bertz CT molecular complexity index is 800. The molecule has 0 bridgehead atoms. The highest BCUT2D eigenvalue weighted by Gasteiger charge is 2.12. The van der Waals surface area contributed by atoms with Gasteiger partial charge in [0.2, 0.25) is 5.91 Å². The van der Waals surface area contributed by atoms with Crippen LogP contribution < -0.4 is 16.6 Å². The number of hydrogen-bond acceptors (Lipinski definition) is 5. The lowest BCUT2D eigenvalue weighted by Crippen LogP contribution is -2.36. The van der Waals surface area contributed by atoms with E-state index in [1.165, 1.54) is 4.57 Å². The Morgan fingerprint density at radius 1 is 1.41 bits per heavy atom. The Labute approximate surface area is 130 Å². The van der Waals surface area contributed by atoms with E-state index < -0.39 is 11.9 Å². The van der Waals surface area contributed by atoms with Crippen molar-refractivity contribution >= 4 is 34.6 Å². The third-order valence-corrected chi connectivity index (χ3v) is 3.71. The van der Waals surface area contributed by atoms with E-state index in [1.54, 1.807) is 30.3 Å². The average Bonchev–Trinajstić information content (AvgIpc) is 2.48. The number of thioether (sulfide) groups is 1. The molecular weight excluding hydrogens is 304 g/mol. The molecule has 0 fully saturated rings. The summed E-state index contributed by atoms with van der Waals surface area (Å²) in [6.45, 7) is 3.89. The molecular formula is C14H14N4O3S. The molecule has 0 radical (unpaired) electrons. The Morgan fingerprint density at radius 2 is 2.14 bits per heavy atom. The summed E-state index contributed by atoms with van der Waals surface area (Å²) in [6.07, 6.45) is 1.57. The molecule has 8 heteroatoms. The van der Waals surface area contributed by atoms with Gasteiger partial charge in [-0.2, -0.15) is 0 Å². The van der Waals surface area contributed by atoms with Gasteiger partial charge in [-0.25, -0.2) is 9.78 Å². The van der Waals surface area contributed by atoms with Crippen molar-refractivity contribution in [2.45, 2.75) is 11.7 Å². The average molecular weight is 318 g/mol. The van der Waals surface area contributed by atoms with Crippen LogP contribution in [0.4, 0.5) is 4.79 Å². The summed E-state index contributed by atoms with van der Waals surface area (Å²) in [7, 11) is 0. The second-order valence-corrected chi connectivity index (χ2v) is 5.26. The molecule has 0 unspecified atom stereocenters. The molecule has 3 amide bonds. The quantitative estimate of drug-likeness (QED) is 0.483. The van der Waals surface area contributed by atoms with Gasteiger partial charge in [0.05, 0.1) is 16.7 Å². The van der Waals surface area contributed by atoms with Gasteiger partial charge in [-0.15, -0.1) is 6.58 Å². The smallest absolute Gasteiger partial charge is 0.318 e. The van der Waals surface area contributed by atoms with E-state index in [0.29, 0.717) is 16.1 Å². The highest BCUT2D eigenvalue weighted by atomic mass is 32.2. The Morgan fingerprint density at radius 3 is 2.82 bits per heavy atom. The van der Waals surface area contributed by atoms with E-state index >= 15 is 0 Å². The normalized spacial score (nSPS) is 10.4. The SMILES string of the molecule is C=CCn1c(SCC(=O)NC(N)=O)nc2ccccc2c1=O. The fourth-order valence-electron chi connectivity index (χ4n) is 1.85. The number of primary amides is 1. The molecule has 2 aromatic rings. The largest absolute Gasteiger partial charge is 0.351 e.